The molecule has 1 rings (SSSR count). The predicted octanol–water partition coefficient (Wildman–Crippen LogP) is 3.93. The summed E-state index contributed by atoms with van der Waals surface area (Å²) in [7, 11) is 2.00. The molecule has 19 heavy (non-hydrogen) atoms. The summed E-state index contributed by atoms with van der Waals surface area (Å²) in [5.41, 5.74) is 8.66. The van der Waals surface area contributed by atoms with Crippen LogP contribution in [-0.2, 0) is 0 Å². The summed E-state index contributed by atoms with van der Waals surface area (Å²) in [6.45, 7) is 12.3. The molecule has 0 aromatic heterocycles. The molecule has 0 bridgehead atoms. The van der Waals surface area contributed by atoms with Gasteiger partial charge in [-0.1, -0.05) is 57.4 Å². The minimum absolute atomic E-state index is 0.649. The van der Waals surface area contributed by atoms with E-state index >= 15 is 0 Å². The van der Waals surface area contributed by atoms with Crippen LogP contribution in [0.5, 0.6) is 0 Å². The van der Waals surface area contributed by atoms with E-state index in [1.54, 1.807) is 12.2 Å². The Hall–Kier alpha value is -1.96. The molecule has 2 heteroatoms. The van der Waals surface area contributed by atoms with E-state index < -0.39 is 0 Å². The second-order valence-corrected chi connectivity index (χ2v) is 3.91. The molecule has 0 spiro atoms. The number of nitrogens with zero attached hydrogens (tertiary/aromatic N) is 1. The number of hydrogen-bond acceptors (Lipinski definition) is 2. The molecule has 0 atom stereocenters. The number of hydrogen-bond donors (Lipinski definition) is 1. The third-order valence-corrected chi connectivity index (χ3v) is 2.59. The molecule has 0 saturated carbocycles. The summed E-state index contributed by atoms with van der Waals surface area (Å²) in [6.07, 6.45) is 15.0. The Balaban J connectivity index is 0.00000154. The monoisotopic (exact) mass is 258 g/mol. The molecule has 104 valence electrons. The Bertz CT molecular complexity index is 409. The van der Waals surface area contributed by atoms with Crippen LogP contribution in [0.15, 0.2) is 72.7 Å². The van der Waals surface area contributed by atoms with E-state index in [1.165, 1.54) is 5.57 Å². The molecular formula is C17H26N2. The van der Waals surface area contributed by atoms with Gasteiger partial charge in [-0.2, -0.15) is 0 Å². The van der Waals surface area contributed by atoms with Gasteiger partial charge in [-0.15, -0.1) is 0 Å². The molecule has 0 heterocycles. The van der Waals surface area contributed by atoms with Gasteiger partial charge in [0.25, 0.3) is 0 Å². The van der Waals surface area contributed by atoms with Gasteiger partial charge >= 0.3 is 0 Å². The molecule has 0 fully saturated rings. The smallest absolute Gasteiger partial charge is 0.0594 e. The maximum atomic E-state index is 5.86. The fraction of sp³-hybridized carbons (Fsp3) is 0.294. The highest BCUT2D eigenvalue weighted by Crippen LogP contribution is 2.12. The van der Waals surface area contributed by atoms with Crippen molar-refractivity contribution in [2.24, 2.45) is 5.73 Å². The average molecular weight is 258 g/mol. The summed E-state index contributed by atoms with van der Waals surface area (Å²) < 4.78 is 0. The molecule has 0 aromatic carbocycles. The number of allylic oxidation sites excluding steroid dienone is 6. The van der Waals surface area contributed by atoms with Gasteiger partial charge < -0.3 is 10.6 Å². The molecule has 1 aliphatic carbocycles. The number of nitrogens with two attached hydrogens (primary N) is 1. The van der Waals surface area contributed by atoms with Crippen LogP contribution in [0.2, 0.25) is 0 Å². The summed E-state index contributed by atoms with van der Waals surface area (Å²) in [6, 6.07) is 0. The first-order chi connectivity index (χ1) is 9.19. The maximum Gasteiger partial charge on any atom is 0.0594 e. The predicted molar refractivity (Wildman–Crippen MR) is 86.6 cm³/mol. The lowest BCUT2D eigenvalue weighted by Gasteiger charge is -2.22. The van der Waals surface area contributed by atoms with E-state index in [0.717, 1.165) is 18.7 Å². The Morgan fingerprint density at radius 3 is 2.58 bits per heavy atom. The van der Waals surface area contributed by atoms with Crippen molar-refractivity contribution in [3.8, 4) is 0 Å². The normalized spacial score (nSPS) is 14.4. The van der Waals surface area contributed by atoms with Gasteiger partial charge in [0.15, 0.2) is 0 Å². The van der Waals surface area contributed by atoms with E-state index in [1.807, 2.05) is 20.9 Å². The van der Waals surface area contributed by atoms with Crippen LogP contribution < -0.4 is 5.73 Å². The topological polar surface area (TPSA) is 29.3 Å². The molecule has 0 amide bonds. The van der Waals surface area contributed by atoms with Gasteiger partial charge in [0.2, 0.25) is 0 Å². The lowest BCUT2D eigenvalue weighted by atomic mass is 10.2. The zero-order chi connectivity index (χ0) is 14.7. The van der Waals surface area contributed by atoms with Crippen molar-refractivity contribution in [2.75, 3.05) is 13.6 Å². The Kier molecular flexibility index (Phi) is 8.98. The Morgan fingerprint density at radius 2 is 2.00 bits per heavy atom. The zero-order valence-corrected chi connectivity index (χ0v) is 12.4. The lowest BCUT2D eigenvalue weighted by Crippen LogP contribution is -2.22. The largest absolute Gasteiger partial charge is 0.397 e. The van der Waals surface area contributed by atoms with Gasteiger partial charge in [-0.3, -0.25) is 0 Å². The highest BCUT2D eigenvalue weighted by atomic mass is 15.1. The second-order valence-electron chi connectivity index (χ2n) is 3.91. The maximum absolute atomic E-state index is 5.86. The molecule has 2 N–H and O–H groups in total. The molecular weight excluding hydrogens is 232 g/mol. The van der Waals surface area contributed by atoms with Crippen LogP contribution in [-0.4, -0.2) is 18.5 Å². The fourth-order valence-electron chi connectivity index (χ4n) is 1.69. The average Bonchev–Trinajstić information content (AvgIpc) is 2.70. The van der Waals surface area contributed by atoms with Crippen molar-refractivity contribution in [3.63, 3.8) is 0 Å². The van der Waals surface area contributed by atoms with Gasteiger partial charge in [0, 0.05) is 13.6 Å². The van der Waals surface area contributed by atoms with Gasteiger partial charge in [-0.25, -0.2) is 0 Å². The highest BCUT2D eigenvalue weighted by Gasteiger charge is 2.05. The van der Waals surface area contributed by atoms with Gasteiger partial charge in [0.1, 0.15) is 0 Å². The second kappa shape index (κ2) is 10.0. The van der Waals surface area contributed by atoms with E-state index in [0.29, 0.717) is 5.70 Å². The Labute approximate surface area is 118 Å². The SMILES string of the molecule is C=C/C(N)=C(\C=C)N(C)CC1=CC=CCC=C1.CC. The first-order valence-corrected chi connectivity index (χ1v) is 6.67. The third-order valence-electron chi connectivity index (χ3n) is 2.59. The number of likely N-dealkylation sites (N-methyl/N-ethyl adjacent to an activating group) is 1. The van der Waals surface area contributed by atoms with E-state index in [4.69, 9.17) is 5.73 Å². The summed E-state index contributed by atoms with van der Waals surface area (Å²) in [5.74, 6) is 0. The van der Waals surface area contributed by atoms with Crippen LogP contribution in [0.25, 0.3) is 0 Å². The van der Waals surface area contributed by atoms with Crippen molar-refractivity contribution >= 4 is 0 Å². The molecule has 0 aromatic rings. The van der Waals surface area contributed by atoms with E-state index in [9.17, 15) is 0 Å². The molecule has 0 saturated heterocycles. The number of rotatable bonds is 5. The molecule has 1 aliphatic rings. The van der Waals surface area contributed by atoms with Crippen molar-refractivity contribution in [1.29, 1.82) is 0 Å². The molecule has 2 nitrogen and oxygen atoms in total. The lowest BCUT2D eigenvalue weighted by molar-refractivity contribution is 0.467. The van der Waals surface area contributed by atoms with Crippen LogP contribution in [0, 0.1) is 0 Å². The standard InChI is InChI=1S/C15H20N2.C2H6/c1-4-14(16)15(5-2)17(3)12-13-10-8-6-7-9-11-13;1-2/h4-6,8-11H,1-2,7,12,16H2,3H3;1-2H3/b15-14-;. The van der Waals surface area contributed by atoms with E-state index in [-0.39, 0.29) is 0 Å². The fourth-order valence-corrected chi connectivity index (χ4v) is 1.69. The first kappa shape index (κ1) is 17.0. The van der Waals surface area contributed by atoms with Crippen LogP contribution in [0.1, 0.15) is 20.3 Å². The van der Waals surface area contributed by atoms with Crippen molar-refractivity contribution in [2.45, 2.75) is 20.3 Å². The first-order valence-electron chi connectivity index (χ1n) is 6.67. The van der Waals surface area contributed by atoms with Crippen molar-refractivity contribution in [1.82, 2.24) is 4.90 Å². The van der Waals surface area contributed by atoms with Gasteiger partial charge in [0.05, 0.1) is 11.4 Å². The van der Waals surface area contributed by atoms with Crippen molar-refractivity contribution < 1.29 is 0 Å². The van der Waals surface area contributed by atoms with E-state index in [2.05, 4.69) is 48.4 Å². The summed E-state index contributed by atoms with van der Waals surface area (Å²) in [5, 5.41) is 0. The quantitative estimate of drug-likeness (QED) is 0.757. The summed E-state index contributed by atoms with van der Waals surface area (Å²) >= 11 is 0. The van der Waals surface area contributed by atoms with Crippen molar-refractivity contribution in [3.05, 3.63) is 72.7 Å². The zero-order valence-electron chi connectivity index (χ0n) is 12.4. The van der Waals surface area contributed by atoms with Gasteiger partial charge in [-0.05, 0) is 24.1 Å². The molecule has 0 radical (unpaired) electrons. The highest BCUT2D eigenvalue weighted by molar-refractivity contribution is 5.32. The van der Waals surface area contributed by atoms with Crippen LogP contribution in [0.4, 0.5) is 0 Å². The van der Waals surface area contributed by atoms with Crippen LogP contribution in [0.3, 0.4) is 0 Å². The minimum atomic E-state index is 0.649. The molecule has 0 unspecified atom stereocenters. The summed E-state index contributed by atoms with van der Waals surface area (Å²) in [4.78, 5) is 2.07. The van der Waals surface area contributed by atoms with Crippen LogP contribution >= 0.6 is 0 Å². The molecule has 0 aliphatic heterocycles. The minimum Gasteiger partial charge on any atom is -0.397 e. The Morgan fingerprint density at radius 1 is 1.32 bits per heavy atom. The third kappa shape index (κ3) is 5.96.